The van der Waals surface area contributed by atoms with Crippen LogP contribution in [0.4, 0.5) is 0 Å². The van der Waals surface area contributed by atoms with Crippen molar-refractivity contribution in [3.8, 4) is 0 Å². The van der Waals surface area contributed by atoms with Crippen molar-refractivity contribution in [3.63, 3.8) is 0 Å². The van der Waals surface area contributed by atoms with Crippen LogP contribution in [0.3, 0.4) is 0 Å². The fourth-order valence-electron chi connectivity index (χ4n) is 4.03. The Morgan fingerprint density at radius 2 is 1.64 bits per heavy atom. The molecular weight excluding hydrogens is 168 g/mol. The Kier molecular flexibility index (Phi) is 2.66. The third-order valence-electron chi connectivity index (χ3n) is 5.11. The maximum Gasteiger partial charge on any atom is -0.0264 e. The molecule has 0 aromatic rings. The van der Waals surface area contributed by atoms with Gasteiger partial charge in [0.25, 0.3) is 0 Å². The summed E-state index contributed by atoms with van der Waals surface area (Å²) in [6.07, 6.45) is 7.66. The summed E-state index contributed by atoms with van der Waals surface area (Å²) in [7, 11) is 0. The minimum atomic E-state index is 0.809. The van der Waals surface area contributed by atoms with Gasteiger partial charge in [-0.3, -0.25) is 0 Å². The van der Waals surface area contributed by atoms with Gasteiger partial charge < -0.3 is 0 Å². The van der Waals surface area contributed by atoms with E-state index < -0.39 is 0 Å². The van der Waals surface area contributed by atoms with Crippen molar-refractivity contribution >= 4 is 0 Å². The average Bonchev–Trinajstić information content (AvgIpc) is 2.42. The molecular formula is C14H26. The van der Waals surface area contributed by atoms with Crippen LogP contribution in [0.15, 0.2) is 0 Å². The van der Waals surface area contributed by atoms with E-state index in [9.17, 15) is 0 Å². The van der Waals surface area contributed by atoms with Crippen LogP contribution in [0.5, 0.6) is 0 Å². The molecule has 0 heterocycles. The van der Waals surface area contributed by atoms with Gasteiger partial charge in [0, 0.05) is 0 Å². The second kappa shape index (κ2) is 3.54. The van der Waals surface area contributed by atoms with Gasteiger partial charge in [0.1, 0.15) is 0 Å². The summed E-state index contributed by atoms with van der Waals surface area (Å²) < 4.78 is 0. The lowest BCUT2D eigenvalue weighted by Crippen LogP contribution is -2.35. The van der Waals surface area contributed by atoms with Crippen molar-refractivity contribution in [2.24, 2.45) is 29.1 Å². The second-order valence-corrected chi connectivity index (χ2v) is 6.51. The predicted octanol–water partition coefficient (Wildman–Crippen LogP) is 4.49. The third-order valence-corrected chi connectivity index (χ3v) is 5.11. The van der Waals surface area contributed by atoms with Gasteiger partial charge in [-0.15, -0.1) is 0 Å². The molecule has 2 aliphatic carbocycles. The molecule has 2 unspecified atom stereocenters. The Labute approximate surface area is 89.5 Å². The molecule has 0 nitrogen and oxygen atoms in total. The Balaban J connectivity index is 2.09. The highest BCUT2D eigenvalue weighted by Gasteiger charge is 2.51. The summed E-state index contributed by atoms with van der Waals surface area (Å²) in [5.41, 5.74) is 0.809. The van der Waals surface area contributed by atoms with Gasteiger partial charge in [0.2, 0.25) is 0 Å². The monoisotopic (exact) mass is 194 g/mol. The van der Waals surface area contributed by atoms with Crippen molar-refractivity contribution < 1.29 is 0 Å². The molecule has 0 aromatic heterocycles. The predicted molar refractivity (Wildman–Crippen MR) is 62.2 cm³/mol. The average molecular weight is 194 g/mol. The lowest BCUT2D eigenvalue weighted by Gasteiger charge is -2.45. The van der Waals surface area contributed by atoms with E-state index in [0.29, 0.717) is 0 Å². The summed E-state index contributed by atoms with van der Waals surface area (Å²) >= 11 is 0. The highest BCUT2D eigenvalue weighted by atomic mass is 14.6. The molecule has 0 saturated heterocycles. The van der Waals surface area contributed by atoms with E-state index in [1.807, 2.05) is 0 Å². The molecule has 0 radical (unpaired) electrons. The Bertz CT molecular complexity index is 198. The maximum absolute atomic E-state index is 2.44. The van der Waals surface area contributed by atoms with Crippen LogP contribution in [0.2, 0.25) is 0 Å². The number of hydrogen-bond acceptors (Lipinski definition) is 0. The maximum atomic E-state index is 2.44. The van der Waals surface area contributed by atoms with Crippen LogP contribution in [0.1, 0.15) is 59.8 Å². The molecule has 2 rings (SSSR count). The third kappa shape index (κ3) is 1.51. The van der Waals surface area contributed by atoms with Crippen LogP contribution in [-0.4, -0.2) is 0 Å². The molecule has 2 atom stereocenters. The summed E-state index contributed by atoms with van der Waals surface area (Å²) in [6.45, 7) is 9.71. The molecule has 0 amide bonds. The topological polar surface area (TPSA) is 0 Å². The van der Waals surface area contributed by atoms with E-state index in [0.717, 1.165) is 29.1 Å². The van der Waals surface area contributed by atoms with Crippen molar-refractivity contribution in [2.45, 2.75) is 59.8 Å². The van der Waals surface area contributed by atoms with Gasteiger partial charge >= 0.3 is 0 Å². The quantitative estimate of drug-likeness (QED) is 0.607. The van der Waals surface area contributed by atoms with Crippen molar-refractivity contribution in [1.82, 2.24) is 0 Å². The molecule has 82 valence electrons. The molecule has 2 saturated carbocycles. The zero-order valence-corrected chi connectivity index (χ0v) is 10.3. The van der Waals surface area contributed by atoms with Crippen LogP contribution < -0.4 is 0 Å². The summed E-state index contributed by atoms with van der Waals surface area (Å²) in [6, 6.07) is 0. The molecule has 0 aromatic carbocycles. The van der Waals surface area contributed by atoms with Crippen LogP contribution in [0, 0.1) is 29.1 Å². The largest absolute Gasteiger partial charge is 0.0625 e. The van der Waals surface area contributed by atoms with E-state index >= 15 is 0 Å². The van der Waals surface area contributed by atoms with Gasteiger partial charge in [-0.05, 0) is 54.8 Å². The first kappa shape index (κ1) is 10.5. The van der Waals surface area contributed by atoms with Crippen LogP contribution in [0.25, 0.3) is 0 Å². The van der Waals surface area contributed by atoms with E-state index in [1.165, 1.54) is 12.8 Å². The summed E-state index contributed by atoms with van der Waals surface area (Å²) in [4.78, 5) is 0. The van der Waals surface area contributed by atoms with Crippen LogP contribution >= 0.6 is 0 Å². The van der Waals surface area contributed by atoms with E-state index in [-0.39, 0.29) is 0 Å². The highest BCUT2D eigenvalue weighted by molar-refractivity contribution is 5.01. The second-order valence-electron chi connectivity index (χ2n) is 6.51. The van der Waals surface area contributed by atoms with Gasteiger partial charge in [0.05, 0.1) is 0 Å². The standard InChI is InChI=1S/C14H26/c1-10(2)12-8-13(11(3)4)14(9-12)6-5-7-14/h10-13H,5-9H2,1-4H3. The van der Waals surface area contributed by atoms with Gasteiger partial charge in [-0.1, -0.05) is 34.1 Å². The zero-order valence-electron chi connectivity index (χ0n) is 10.3. The van der Waals surface area contributed by atoms with Gasteiger partial charge in [0.15, 0.2) is 0 Å². The van der Waals surface area contributed by atoms with Gasteiger partial charge in [-0.25, -0.2) is 0 Å². The van der Waals surface area contributed by atoms with Crippen molar-refractivity contribution in [3.05, 3.63) is 0 Å². The minimum absolute atomic E-state index is 0.809. The molecule has 0 N–H and O–H groups in total. The first-order valence-electron chi connectivity index (χ1n) is 6.55. The van der Waals surface area contributed by atoms with E-state index in [1.54, 1.807) is 19.3 Å². The molecule has 0 aliphatic heterocycles. The Morgan fingerprint density at radius 1 is 1.00 bits per heavy atom. The SMILES string of the molecule is CC(C)C1CC(C(C)C)C2(CCC2)C1. The first-order valence-corrected chi connectivity index (χ1v) is 6.55. The Hall–Kier alpha value is 0. The van der Waals surface area contributed by atoms with E-state index in [4.69, 9.17) is 0 Å². The smallest absolute Gasteiger partial charge is 0.0264 e. The molecule has 1 spiro atoms. The molecule has 2 fully saturated rings. The fraction of sp³-hybridized carbons (Fsp3) is 1.00. The lowest BCUT2D eigenvalue weighted by atomic mass is 9.60. The van der Waals surface area contributed by atoms with Crippen molar-refractivity contribution in [1.29, 1.82) is 0 Å². The molecule has 14 heavy (non-hydrogen) atoms. The minimum Gasteiger partial charge on any atom is -0.0625 e. The zero-order chi connectivity index (χ0) is 10.3. The summed E-state index contributed by atoms with van der Waals surface area (Å²) in [5, 5.41) is 0. The normalized spacial score (nSPS) is 35.6. The molecule has 2 aliphatic rings. The van der Waals surface area contributed by atoms with E-state index in [2.05, 4.69) is 27.7 Å². The van der Waals surface area contributed by atoms with Crippen molar-refractivity contribution in [2.75, 3.05) is 0 Å². The summed E-state index contributed by atoms with van der Waals surface area (Å²) in [5.74, 6) is 3.90. The number of rotatable bonds is 2. The molecule has 0 heteroatoms. The molecule has 0 bridgehead atoms. The van der Waals surface area contributed by atoms with Gasteiger partial charge in [-0.2, -0.15) is 0 Å². The fourth-order valence-corrected chi connectivity index (χ4v) is 4.03. The number of hydrogen-bond donors (Lipinski definition) is 0. The lowest BCUT2D eigenvalue weighted by molar-refractivity contribution is 0.0493. The van der Waals surface area contributed by atoms with Crippen LogP contribution in [-0.2, 0) is 0 Å². The Morgan fingerprint density at radius 3 is 1.93 bits per heavy atom. The first-order chi connectivity index (χ1) is 6.55. The highest BCUT2D eigenvalue weighted by Crippen LogP contribution is 2.61.